The largest absolute Gasteiger partial charge is 0.368 e. The SMILES string of the molecule is Cc1cccc(N2CCN(C(=O)C3(C(=O)NCCCN(C)C)CC3)CC2)c1C. The number of carbonyl (C=O) groups is 2. The average molecular weight is 387 g/mol. The maximum Gasteiger partial charge on any atom is 0.238 e. The Morgan fingerprint density at radius 1 is 1.11 bits per heavy atom. The molecule has 6 heteroatoms. The van der Waals surface area contributed by atoms with Gasteiger partial charge in [0, 0.05) is 38.4 Å². The molecule has 0 spiro atoms. The van der Waals surface area contributed by atoms with Crippen molar-refractivity contribution in [3.05, 3.63) is 29.3 Å². The van der Waals surface area contributed by atoms with Gasteiger partial charge >= 0.3 is 0 Å². The molecule has 0 aromatic heterocycles. The van der Waals surface area contributed by atoms with Crippen molar-refractivity contribution >= 4 is 17.5 Å². The van der Waals surface area contributed by atoms with Crippen LogP contribution in [0.15, 0.2) is 18.2 Å². The number of piperazine rings is 1. The summed E-state index contributed by atoms with van der Waals surface area (Å²) in [7, 11) is 4.04. The van der Waals surface area contributed by atoms with Crippen LogP contribution in [0.5, 0.6) is 0 Å². The first-order chi connectivity index (χ1) is 13.3. The summed E-state index contributed by atoms with van der Waals surface area (Å²) in [6, 6.07) is 6.38. The first kappa shape index (κ1) is 20.6. The van der Waals surface area contributed by atoms with Crippen LogP contribution in [0.3, 0.4) is 0 Å². The third kappa shape index (κ3) is 4.32. The first-order valence-electron chi connectivity index (χ1n) is 10.4. The Morgan fingerprint density at radius 3 is 2.39 bits per heavy atom. The first-order valence-corrected chi connectivity index (χ1v) is 10.4. The van der Waals surface area contributed by atoms with E-state index in [1.54, 1.807) is 0 Å². The minimum absolute atomic E-state index is 0.0261. The Balaban J connectivity index is 1.53. The number of rotatable bonds is 7. The number of benzene rings is 1. The van der Waals surface area contributed by atoms with Crippen molar-refractivity contribution in [3.8, 4) is 0 Å². The molecule has 1 aliphatic carbocycles. The molecular weight excluding hydrogens is 352 g/mol. The number of hydrogen-bond acceptors (Lipinski definition) is 4. The molecular formula is C22H34N4O2. The van der Waals surface area contributed by atoms with Gasteiger partial charge in [-0.25, -0.2) is 0 Å². The van der Waals surface area contributed by atoms with Gasteiger partial charge in [0.15, 0.2) is 0 Å². The van der Waals surface area contributed by atoms with Gasteiger partial charge in [-0.1, -0.05) is 12.1 Å². The number of nitrogens with one attached hydrogen (secondary N) is 1. The Bertz CT molecular complexity index is 719. The topological polar surface area (TPSA) is 55.9 Å². The van der Waals surface area contributed by atoms with Gasteiger partial charge in [0.05, 0.1) is 0 Å². The summed E-state index contributed by atoms with van der Waals surface area (Å²) in [5.74, 6) is -0.0496. The molecule has 1 N–H and O–H groups in total. The lowest BCUT2D eigenvalue weighted by molar-refractivity contribution is -0.144. The lowest BCUT2D eigenvalue weighted by Gasteiger charge is -2.38. The van der Waals surface area contributed by atoms with Crippen LogP contribution >= 0.6 is 0 Å². The molecule has 0 unspecified atom stereocenters. The zero-order chi connectivity index (χ0) is 20.3. The van der Waals surface area contributed by atoms with E-state index in [-0.39, 0.29) is 11.8 Å². The summed E-state index contributed by atoms with van der Waals surface area (Å²) in [6.45, 7) is 8.85. The Kier molecular flexibility index (Phi) is 6.28. The summed E-state index contributed by atoms with van der Waals surface area (Å²) in [6.07, 6.45) is 2.27. The summed E-state index contributed by atoms with van der Waals surface area (Å²) in [5.41, 5.74) is 3.06. The molecule has 2 fully saturated rings. The quantitative estimate of drug-likeness (QED) is 0.574. The maximum absolute atomic E-state index is 13.1. The number of carbonyl (C=O) groups excluding carboxylic acids is 2. The third-order valence-electron chi connectivity index (χ3n) is 6.15. The van der Waals surface area contributed by atoms with Gasteiger partial charge < -0.3 is 20.0 Å². The van der Waals surface area contributed by atoms with E-state index >= 15 is 0 Å². The van der Waals surface area contributed by atoms with Gasteiger partial charge in [0.25, 0.3) is 0 Å². The Morgan fingerprint density at radius 2 is 1.79 bits per heavy atom. The molecule has 2 aliphatic rings. The summed E-state index contributed by atoms with van der Waals surface area (Å²) in [5, 5.41) is 2.99. The predicted octanol–water partition coefficient (Wildman–Crippen LogP) is 1.80. The van der Waals surface area contributed by atoms with E-state index in [1.807, 2.05) is 19.0 Å². The van der Waals surface area contributed by atoms with Crippen molar-refractivity contribution in [2.75, 3.05) is 58.3 Å². The van der Waals surface area contributed by atoms with Crippen LogP contribution < -0.4 is 10.2 Å². The zero-order valence-electron chi connectivity index (χ0n) is 17.8. The fourth-order valence-corrected chi connectivity index (χ4v) is 3.96. The maximum atomic E-state index is 13.1. The monoisotopic (exact) mass is 386 g/mol. The standard InChI is InChI=1S/C22H34N4O2/c1-17-7-5-8-19(18(17)2)25-13-15-26(16-14-25)21(28)22(9-10-22)20(27)23-11-6-12-24(3)4/h5,7-8H,6,9-16H2,1-4H3,(H,23,27). The van der Waals surface area contributed by atoms with E-state index in [1.165, 1.54) is 16.8 Å². The van der Waals surface area contributed by atoms with E-state index in [4.69, 9.17) is 0 Å². The van der Waals surface area contributed by atoms with Crippen LogP contribution in [0.1, 0.15) is 30.4 Å². The van der Waals surface area contributed by atoms with Crippen LogP contribution in [0, 0.1) is 19.3 Å². The van der Waals surface area contributed by atoms with E-state index in [2.05, 4.69) is 47.2 Å². The minimum atomic E-state index is -0.792. The highest BCUT2D eigenvalue weighted by atomic mass is 16.2. The van der Waals surface area contributed by atoms with Gasteiger partial charge in [0.2, 0.25) is 11.8 Å². The lowest BCUT2D eigenvalue weighted by atomic mass is 10.0. The third-order valence-corrected chi connectivity index (χ3v) is 6.15. The highest BCUT2D eigenvalue weighted by Crippen LogP contribution is 2.47. The van der Waals surface area contributed by atoms with Crippen LogP contribution in [0.25, 0.3) is 0 Å². The normalized spacial score (nSPS) is 18.3. The predicted molar refractivity (Wildman–Crippen MR) is 113 cm³/mol. The number of amides is 2. The molecule has 1 aliphatic heterocycles. The molecule has 6 nitrogen and oxygen atoms in total. The van der Waals surface area contributed by atoms with Crippen molar-refractivity contribution < 1.29 is 9.59 Å². The van der Waals surface area contributed by atoms with Gasteiger partial charge in [-0.2, -0.15) is 0 Å². The van der Waals surface area contributed by atoms with Gasteiger partial charge in [0.1, 0.15) is 5.41 Å². The average Bonchev–Trinajstić information content (AvgIpc) is 3.49. The van der Waals surface area contributed by atoms with E-state index in [9.17, 15) is 9.59 Å². The van der Waals surface area contributed by atoms with Gasteiger partial charge in [-0.05, 0) is 70.9 Å². The second kappa shape index (κ2) is 8.52. The molecule has 28 heavy (non-hydrogen) atoms. The zero-order valence-corrected chi connectivity index (χ0v) is 17.8. The molecule has 1 saturated carbocycles. The number of aryl methyl sites for hydroxylation is 1. The summed E-state index contributed by atoms with van der Waals surface area (Å²) in [4.78, 5) is 32.1. The highest BCUT2D eigenvalue weighted by molar-refractivity contribution is 6.07. The van der Waals surface area contributed by atoms with E-state index in [0.29, 0.717) is 32.5 Å². The van der Waals surface area contributed by atoms with Crippen molar-refractivity contribution in [2.24, 2.45) is 5.41 Å². The molecule has 1 saturated heterocycles. The molecule has 2 amide bonds. The van der Waals surface area contributed by atoms with E-state index in [0.717, 1.165) is 26.1 Å². The van der Waals surface area contributed by atoms with Crippen molar-refractivity contribution in [1.29, 1.82) is 0 Å². The molecule has 0 radical (unpaired) electrons. The highest BCUT2D eigenvalue weighted by Gasteiger charge is 2.58. The molecule has 1 aromatic rings. The van der Waals surface area contributed by atoms with Crippen LogP contribution in [0.2, 0.25) is 0 Å². The summed E-state index contributed by atoms with van der Waals surface area (Å²) >= 11 is 0. The second-order valence-electron chi connectivity index (χ2n) is 8.49. The van der Waals surface area contributed by atoms with Crippen molar-refractivity contribution in [2.45, 2.75) is 33.1 Å². The molecule has 0 atom stereocenters. The molecule has 3 rings (SSSR count). The van der Waals surface area contributed by atoms with Crippen LogP contribution in [0.4, 0.5) is 5.69 Å². The van der Waals surface area contributed by atoms with E-state index < -0.39 is 5.41 Å². The van der Waals surface area contributed by atoms with Gasteiger partial charge in [-0.15, -0.1) is 0 Å². The molecule has 0 bridgehead atoms. The number of anilines is 1. The van der Waals surface area contributed by atoms with Crippen LogP contribution in [-0.4, -0.2) is 75.0 Å². The molecule has 1 aromatic carbocycles. The molecule has 154 valence electrons. The van der Waals surface area contributed by atoms with Crippen LogP contribution in [-0.2, 0) is 9.59 Å². The number of hydrogen-bond donors (Lipinski definition) is 1. The van der Waals surface area contributed by atoms with Crippen molar-refractivity contribution in [1.82, 2.24) is 15.1 Å². The second-order valence-corrected chi connectivity index (χ2v) is 8.49. The Hall–Kier alpha value is -2.08. The fraction of sp³-hybridized carbons (Fsp3) is 0.636. The minimum Gasteiger partial charge on any atom is -0.368 e. The lowest BCUT2D eigenvalue weighted by Crippen LogP contribution is -2.53. The fourth-order valence-electron chi connectivity index (χ4n) is 3.96. The molecule has 1 heterocycles. The van der Waals surface area contributed by atoms with Crippen molar-refractivity contribution in [3.63, 3.8) is 0 Å². The Labute approximate surface area is 168 Å². The van der Waals surface area contributed by atoms with Gasteiger partial charge in [-0.3, -0.25) is 9.59 Å². The summed E-state index contributed by atoms with van der Waals surface area (Å²) < 4.78 is 0. The smallest absolute Gasteiger partial charge is 0.238 e. The number of nitrogens with zero attached hydrogens (tertiary/aromatic N) is 3.